The minimum Gasteiger partial charge on any atom is -0.444 e. The molecular weight excluding hydrogens is 246 g/mol. The lowest BCUT2D eigenvalue weighted by Crippen LogP contribution is -2.37. The van der Waals surface area contributed by atoms with Crippen LogP contribution in [0.15, 0.2) is 12.1 Å². The molecule has 0 fully saturated rings. The molecule has 1 heterocycles. The first-order valence-electron chi connectivity index (χ1n) is 3.55. The van der Waals surface area contributed by atoms with Crippen LogP contribution in [0.3, 0.4) is 0 Å². The van der Waals surface area contributed by atoms with E-state index in [9.17, 15) is 26.1 Å². The molecule has 0 aliphatic rings. The summed E-state index contributed by atoms with van der Waals surface area (Å²) in [5.41, 5.74) is -3.06. The molecular formula is C6H2BClF6N-. The quantitative estimate of drug-likeness (QED) is 0.423. The fourth-order valence-electron chi connectivity index (χ4n) is 0.849. The Kier molecular flexibility index (Phi) is 2.91. The molecule has 0 unspecified atom stereocenters. The smallest absolute Gasteiger partial charge is 0.444 e. The van der Waals surface area contributed by atoms with E-state index in [1.165, 1.54) is 0 Å². The molecule has 0 radical (unpaired) electrons. The van der Waals surface area contributed by atoms with Gasteiger partial charge in [-0.15, -0.1) is 0 Å². The van der Waals surface area contributed by atoms with Gasteiger partial charge in [0.2, 0.25) is 0 Å². The van der Waals surface area contributed by atoms with Gasteiger partial charge < -0.3 is 12.9 Å². The van der Waals surface area contributed by atoms with Gasteiger partial charge in [0.25, 0.3) is 0 Å². The summed E-state index contributed by atoms with van der Waals surface area (Å²) in [6.45, 7) is -5.59. The molecule has 1 aromatic rings. The fourth-order valence-corrected chi connectivity index (χ4v) is 1.06. The Bertz CT molecular complexity index is 341. The van der Waals surface area contributed by atoms with Crippen LogP contribution in [0, 0.1) is 0 Å². The van der Waals surface area contributed by atoms with Crippen LogP contribution in [0.2, 0.25) is 5.15 Å². The molecule has 84 valence electrons. The Labute approximate surface area is 85.1 Å². The summed E-state index contributed by atoms with van der Waals surface area (Å²) in [6, 6.07) is 0.277. The zero-order valence-corrected chi connectivity index (χ0v) is 7.58. The van der Waals surface area contributed by atoms with E-state index < -0.39 is 29.5 Å². The summed E-state index contributed by atoms with van der Waals surface area (Å²) in [5, 5.41) is -0.834. The van der Waals surface area contributed by atoms with Crippen LogP contribution in [0.5, 0.6) is 0 Å². The lowest BCUT2D eigenvalue weighted by molar-refractivity contribution is -0.137. The van der Waals surface area contributed by atoms with Gasteiger partial charge in [0.1, 0.15) is 5.15 Å². The maximum absolute atomic E-state index is 12.1. The molecule has 0 saturated heterocycles. The second-order valence-electron chi connectivity index (χ2n) is 2.68. The number of hydrogen-bond donors (Lipinski definition) is 0. The number of pyridine rings is 1. The number of hydrogen-bond acceptors (Lipinski definition) is 1. The number of nitrogens with zero attached hydrogens (tertiary/aromatic N) is 1. The Morgan fingerprint density at radius 1 is 1.13 bits per heavy atom. The molecule has 1 nitrogen and oxygen atoms in total. The van der Waals surface area contributed by atoms with E-state index in [1.807, 2.05) is 0 Å². The molecule has 0 aliphatic heterocycles. The van der Waals surface area contributed by atoms with Crippen molar-refractivity contribution in [3.05, 3.63) is 22.8 Å². The van der Waals surface area contributed by atoms with Crippen molar-refractivity contribution in [3.8, 4) is 0 Å². The van der Waals surface area contributed by atoms with Crippen LogP contribution < -0.4 is 5.59 Å². The van der Waals surface area contributed by atoms with Gasteiger partial charge in [-0.1, -0.05) is 17.7 Å². The predicted octanol–water partition coefficient (Wildman–Crippen LogP) is 2.81. The van der Waals surface area contributed by atoms with Crippen molar-refractivity contribution in [3.63, 3.8) is 0 Å². The van der Waals surface area contributed by atoms with Crippen molar-refractivity contribution in [1.82, 2.24) is 4.98 Å². The number of halogens is 7. The average Bonchev–Trinajstić information content (AvgIpc) is 1.99. The van der Waals surface area contributed by atoms with Crippen LogP contribution in [-0.4, -0.2) is 12.0 Å². The van der Waals surface area contributed by atoms with E-state index in [2.05, 4.69) is 4.98 Å². The SMILES string of the molecule is F[B-](F)(F)c1cc(C(F)(F)F)cc(Cl)n1. The summed E-state index contributed by atoms with van der Waals surface area (Å²) < 4.78 is 72.6. The Hall–Kier alpha value is -0.915. The normalized spacial score (nSPS) is 13.0. The molecule has 0 amide bonds. The highest BCUT2D eigenvalue weighted by atomic mass is 35.5. The number of aromatic nitrogens is 1. The van der Waals surface area contributed by atoms with Gasteiger partial charge in [-0.2, -0.15) is 13.2 Å². The third-order valence-corrected chi connectivity index (χ3v) is 1.67. The summed E-state index contributed by atoms with van der Waals surface area (Å²) in [4.78, 5) is 2.79. The Morgan fingerprint density at radius 2 is 1.67 bits per heavy atom. The fraction of sp³-hybridized carbons (Fsp3) is 0.167. The van der Waals surface area contributed by atoms with E-state index in [4.69, 9.17) is 11.6 Å². The Morgan fingerprint density at radius 3 is 2.07 bits per heavy atom. The molecule has 0 atom stereocenters. The summed E-state index contributed by atoms with van der Waals surface area (Å²) in [5.74, 6) is 0. The highest BCUT2D eigenvalue weighted by Gasteiger charge is 2.35. The molecule has 0 aromatic carbocycles. The van der Waals surface area contributed by atoms with Crippen LogP contribution in [0.25, 0.3) is 0 Å². The van der Waals surface area contributed by atoms with E-state index in [-0.39, 0.29) is 6.07 Å². The van der Waals surface area contributed by atoms with Crippen molar-refractivity contribution in [2.45, 2.75) is 6.18 Å². The molecule has 0 bridgehead atoms. The largest absolute Gasteiger partial charge is 0.527 e. The van der Waals surface area contributed by atoms with Gasteiger partial charge in [0.15, 0.2) is 0 Å². The van der Waals surface area contributed by atoms with Crippen molar-refractivity contribution in [2.75, 3.05) is 0 Å². The first-order valence-corrected chi connectivity index (χ1v) is 3.93. The lowest BCUT2D eigenvalue weighted by atomic mass is 9.85. The van der Waals surface area contributed by atoms with E-state index in [1.54, 1.807) is 0 Å². The molecule has 0 N–H and O–H groups in total. The monoisotopic (exact) mass is 248 g/mol. The maximum Gasteiger partial charge on any atom is 0.527 e. The zero-order chi connectivity index (χ0) is 11.9. The number of alkyl halides is 3. The van der Waals surface area contributed by atoms with Crippen molar-refractivity contribution in [1.29, 1.82) is 0 Å². The summed E-state index contributed by atoms with van der Waals surface area (Å²) >= 11 is 5.06. The van der Waals surface area contributed by atoms with Crippen LogP contribution in [-0.2, 0) is 6.18 Å². The highest BCUT2D eigenvalue weighted by Crippen LogP contribution is 2.30. The van der Waals surface area contributed by atoms with Gasteiger partial charge in [-0.3, -0.25) is 4.98 Å². The van der Waals surface area contributed by atoms with Gasteiger partial charge >= 0.3 is 13.2 Å². The molecule has 1 rings (SSSR count). The van der Waals surface area contributed by atoms with Crippen LogP contribution in [0.4, 0.5) is 26.1 Å². The first kappa shape index (κ1) is 12.2. The third kappa shape index (κ3) is 3.02. The topological polar surface area (TPSA) is 12.9 Å². The molecule has 0 saturated carbocycles. The molecule has 15 heavy (non-hydrogen) atoms. The summed E-state index contributed by atoms with van der Waals surface area (Å²) in [6.07, 6.45) is -4.87. The van der Waals surface area contributed by atoms with Gasteiger partial charge in [-0.25, -0.2) is 0 Å². The van der Waals surface area contributed by atoms with Crippen molar-refractivity contribution in [2.24, 2.45) is 0 Å². The second-order valence-corrected chi connectivity index (χ2v) is 3.06. The van der Waals surface area contributed by atoms with E-state index >= 15 is 0 Å². The van der Waals surface area contributed by atoms with Crippen LogP contribution >= 0.6 is 11.6 Å². The predicted molar refractivity (Wildman–Crippen MR) is 43.0 cm³/mol. The minimum absolute atomic E-state index is 0.0636. The third-order valence-electron chi connectivity index (χ3n) is 1.48. The molecule has 0 spiro atoms. The van der Waals surface area contributed by atoms with Gasteiger partial charge in [-0.05, 0) is 11.7 Å². The standard InChI is InChI=1S/C6H2BClF6N/c8-5-2-3(6(9,10)11)1-4(15-5)7(12,13)14/h1-2H/q-1. The molecule has 1 aromatic heterocycles. The second kappa shape index (κ2) is 3.59. The van der Waals surface area contributed by atoms with Crippen molar-refractivity contribution < 1.29 is 26.1 Å². The van der Waals surface area contributed by atoms with E-state index in [0.717, 1.165) is 0 Å². The zero-order valence-electron chi connectivity index (χ0n) is 6.83. The van der Waals surface area contributed by atoms with Gasteiger partial charge in [0.05, 0.1) is 5.56 Å². The van der Waals surface area contributed by atoms with E-state index in [0.29, 0.717) is 6.07 Å². The van der Waals surface area contributed by atoms with Crippen LogP contribution in [0.1, 0.15) is 5.56 Å². The van der Waals surface area contributed by atoms with Crippen molar-refractivity contribution >= 4 is 24.2 Å². The Balaban J connectivity index is 3.30. The average molecular weight is 248 g/mol. The molecule has 9 heteroatoms. The van der Waals surface area contributed by atoms with Gasteiger partial charge in [0, 0.05) is 0 Å². The minimum atomic E-state index is -5.59. The maximum atomic E-state index is 12.1. The number of rotatable bonds is 1. The highest BCUT2D eigenvalue weighted by molar-refractivity contribution is 6.72. The summed E-state index contributed by atoms with van der Waals surface area (Å²) in [7, 11) is 0. The lowest BCUT2D eigenvalue weighted by Gasteiger charge is -2.16. The molecule has 0 aliphatic carbocycles. The first-order chi connectivity index (χ1) is 6.60.